The Balaban J connectivity index is 1.73. The van der Waals surface area contributed by atoms with E-state index in [0.717, 1.165) is 17.1 Å². The minimum Gasteiger partial charge on any atom is -0.497 e. The summed E-state index contributed by atoms with van der Waals surface area (Å²) in [6.45, 7) is 0. The first kappa shape index (κ1) is 16.7. The van der Waals surface area contributed by atoms with E-state index in [1.807, 2.05) is 47.2 Å². The molecule has 3 aromatic rings. The van der Waals surface area contributed by atoms with Gasteiger partial charge in [0.05, 0.1) is 24.6 Å². The molecule has 0 aliphatic rings. The Bertz CT molecular complexity index is 903. The number of ether oxygens (including phenoxy) is 1. The second-order valence-electron chi connectivity index (χ2n) is 5.04. The van der Waals surface area contributed by atoms with E-state index in [1.54, 1.807) is 25.5 Å². The number of amides is 1. The summed E-state index contributed by atoms with van der Waals surface area (Å²) in [6, 6.07) is 14.6. The molecule has 0 atom stereocenters. The van der Waals surface area contributed by atoms with Crippen molar-refractivity contribution in [2.75, 3.05) is 7.11 Å². The van der Waals surface area contributed by atoms with Crippen LogP contribution in [0.2, 0.25) is 5.15 Å². The van der Waals surface area contributed by atoms with Gasteiger partial charge in [0.2, 0.25) is 0 Å². The Labute approximate surface area is 149 Å². The van der Waals surface area contributed by atoms with Crippen LogP contribution in [0.15, 0.2) is 66.0 Å². The number of carbonyl (C=O) groups is 1. The van der Waals surface area contributed by atoms with Gasteiger partial charge in [0.15, 0.2) is 0 Å². The van der Waals surface area contributed by atoms with Gasteiger partial charge in [0.25, 0.3) is 5.91 Å². The van der Waals surface area contributed by atoms with Crippen LogP contribution in [0.4, 0.5) is 0 Å². The Morgan fingerprint density at radius 1 is 1.24 bits per heavy atom. The monoisotopic (exact) mass is 354 g/mol. The third-order valence-electron chi connectivity index (χ3n) is 3.50. The molecule has 2 heterocycles. The summed E-state index contributed by atoms with van der Waals surface area (Å²) in [6.07, 6.45) is 4.99. The number of aromatic nitrogens is 2. The average Bonchev–Trinajstić information content (AvgIpc) is 3.10. The molecule has 0 spiro atoms. The predicted molar refractivity (Wildman–Crippen MR) is 96.6 cm³/mol. The van der Waals surface area contributed by atoms with Crippen LogP contribution in [0.5, 0.6) is 5.75 Å². The summed E-state index contributed by atoms with van der Waals surface area (Å²) in [7, 11) is 1.62. The molecule has 0 radical (unpaired) electrons. The molecule has 6 nitrogen and oxygen atoms in total. The van der Waals surface area contributed by atoms with Crippen LogP contribution >= 0.6 is 11.6 Å². The maximum atomic E-state index is 12.0. The van der Waals surface area contributed by atoms with Gasteiger partial charge in [-0.1, -0.05) is 11.6 Å². The molecule has 0 bridgehead atoms. The van der Waals surface area contributed by atoms with Crippen molar-refractivity contribution in [2.24, 2.45) is 5.10 Å². The predicted octanol–water partition coefficient (Wildman–Crippen LogP) is 3.30. The number of hydrogen-bond acceptors (Lipinski definition) is 4. The van der Waals surface area contributed by atoms with Crippen LogP contribution in [0.25, 0.3) is 5.69 Å². The molecule has 0 unspecified atom stereocenters. The highest BCUT2D eigenvalue weighted by Crippen LogP contribution is 2.16. The third kappa shape index (κ3) is 3.87. The fraction of sp³-hybridized carbons (Fsp3) is 0.0556. The minimum absolute atomic E-state index is 0.136. The van der Waals surface area contributed by atoms with Gasteiger partial charge in [-0.2, -0.15) is 5.10 Å². The van der Waals surface area contributed by atoms with E-state index >= 15 is 0 Å². The molecule has 0 aliphatic heterocycles. The largest absolute Gasteiger partial charge is 0.497 e. The first-order valence-electron chi connectivity index (χ1n) is 7.45. The zero-order valence-corrected chi connectivity index (χ0v) is 14.1. The quantitative estimate of drug-likeness (QED) is 0.434. The topological polar surface area (TPSA) is 68.5 Å². The number of nitrogens with one attached hydrogen (secondary N) is 1. The second kappa shape index (κ2) is 7.63. The second-order valence-corrected chi connectivity index (χ2v) is 5.40. The summed E-state index contributed by atoms with van der Waals surface area (Å²) in [5, 5.41) is 4.13. The summed E-state index contributed by atoms with van der Waals surface area (Å²) in [4.78, 5) is 15.9. The summed E-state index contributed by atoms with van der Waals surface area (Å²) in [5.74, 6) is 0.364. The lowest BCUT2D eigenvalue weighted by Crippen LogP contribution is -2.18. The van der Waals surface area contributed by atoms with E-state index in [1.165, 1.54) is 6.20 Å². The van der Waals surface area contributed by atoms with Gasteiger partial charge in [-0.15, -0.1) is 0 Å². The van der Waals surface area contributed by atoms with E-state index in [4.69, 9.17) is 16.3 Å². The molecule has 0 fully saturated rings. The highest BCUT2D eigenvalue weighted by molar-refractivity contribution is 6.32. The van der Waals surface area contributed by atoms with Crippen molar-refractivity contribution >= 4 is 23.7 Å². The molecule has 7 heteroatoms. The first-order valence-corrected chi connectivity index (χ1v) is 7.82. The van der Waals surface area contributed by atoms with E-state index in [-0.39, 0.29) is 10.7 Å². The third-order valence-corrected chi connectivity index (χ3v) is 3.80. The normalized spacial score (nSPS) is 10.8. The maximum Gasteiger partial charge on any atom is 0.274 e. The Morgan fingerprint density at radius 3 is 2.76 bits per heavy atom. The lowest BCUT2D eigenvalue weighted by atomic mass is 10.3. The molecule has 1 aromatic carbocycles. The van der Waals surface area contributed by atoms with Crippen LogP contribution in [0, 0.1) is 0 Å². The van der Waals surface area contributed by atoms with Crippen molar-refractivity contribution in [3.63, 3.8) is 0 Å². The molecule has 0 aliphatic carbocycles. The standard InChI is InChI=1S/C18H15ClN4O2/c1-25-15-8-6-13(7-9-15)23-11-3-4-14(23)12-21-22-18(24)16-5-2-10-20-17(16)19/h2-12H,1H3,(H,22,24)/b21-12-. The van der Waals surface area contributed by atoms with E-state index in [9.17, 15) is 4.79 Å². The number of nitrogens with zero attached hydrogens (tertiary/aromatic N) is 3. The molecule has 126 valence electrons. The summed E-state index contributed by atoms with van der Waals surface area (Å²) >= 11 is 5.89. The number of pyridine rings is 1. The number of hydrogen-bond donors (Lipinski definition) is 1. The van der Waals surface area contributed by atoms with Crippen LogP contribution in [0.3, 0.4) is 0 Å². The Hall–Kier alpha value is -3.12. The van der Waals surface area contributed by atoms with Gasteiger partial charge in [-0.3, -0.25) is 4.79 Å². The molecule has 2 aromatic heterocycles. The average molecular weight is 355 g/mol. The molecule has 3 rings (SSSR count). The van der Waals surface area contributed by atoms with Crippen molar-refractivity contribution in [1.82, 2.24) is 15.0 Å². The van der Waals surface area contributed by atoms with Crippen molar-refractivity contribution in [3.8, 4) is 11.4 Å². The van der Waals surface area contributed by atoms with E-state index in [0.29, 0.717) is 0 Å². The van der Waals surface area contributed by atoms with Crippen LogP contribution in [-0.2, 0) is 0 Å². The number of halogens is 1. The highest BCUT2D eigenvalue weighted by atomic mass is 35.5. The number of benzene rings is 1. The van der Waals surface area contributed by atoms with Gasteiger partial charge in [0, 0.05) is 18.1 Å². The first-order chi connectivity index (χ1) is 12.2. The molecule has 0 saturated carbocycles. The van der Waals surface area contributed by atoms with Gasteiger partial charge < -0.3 is 9.30 Å². The molecule has 1 amide bonds. The molecule has 25 heavy (non-hydrogen) atoms. The molecular weight excluding hydrogens is 340 g/mol. The zero-order valence-electron chi connectivity index (χ0n) is 13.4. The summed E-state index contributed by atoms with van der Waals surface area (Å²) in [5.41, 5.74) is 4.48. The maximum absolute atomic E-state index is 12.0. The smallest absolute Gasteiger partial charge is 0.274 e. The highest BCUT2D eigenvalue weighted by Gasteiger charge is 2.09. The van der Waals surface area contributed by atoms with Crippen molar-refractivity contribution in [3.05, 3.63) is 77.3 Å². The van der Waals surface area contributed by atoms with Crippen LogP contribution < -0.4 is 10.2 Å². The molecular formula is C18H15ClN4O2. The van der Waals surface area contributed by atoms with Crippen LogP contribution in [0.1, 0.15) is 16.1 Å². The summed E-state index contributed by atoms with van der Waals surface area (Å²) < 4.78 is 7.10. The van der Waals surface area contributed by atoms with Gasteiger partial charge in [-0.05, 0) is 48.5 Å². The lowest BCUT2D eigenvalue weighted by molar-refractivity contribution is 0.0955. The minimum atomic E-state index is -0.420. The lowest BCUT2D eigenvalue weighted by Gasteiger charge is -2.07. The van der Waals surface area contributed by atoms with E-state index in [2.05, 4.69) is 15.5 Å². The zero-order chi connectivity index (χ0) is 17.6. The Kier molecular flexibility index (Phi) is 5.11. The fourth-order valence-corrected chi connectivity index (χ4v) is 2.46. The number of methoxy groups -OCH3 is 1. The number of carbonyl (C=O) groups excluding carboxylic acids is 1. The van der Waals surface area contributed by atoms with Crippen molar-refractivity contribution < 1.29 is 9.53 Å². The van der Waals surface area contributed by atoms with Crippen molar-refractivity contribution in [2.45, 2.75) is 0 Å². The van der Waals surface area contributed by atoms with Gasteiger partial charge in [0.1, 0.15) is 10.9 Å². The van der Waals surface area contributed by atoms with E-state index < -0.39 is 5.91 Å². The SMILES string of the molecule is COc1ccc(-n2cccc2/C=N\NC(=O)c2cccnc2Cl)cc1. The van der Waals surface area contributed by atoms with Crippen LogP contribution in [-0.4, -0.2) is 28.8 Å². The Morgan fingerprint density at radius 2 is 2.04 bits per heavy atom. The fourth-order valence-electron chi connectivity index (χ4n) is 2.25. The number of rotatable bonds is 5. The molecule has 0 saturated heterocycles. The van der Waals surface area contributed by atoms with Crippen molar-refractivity contribution in [1.29, 1.82) is 0 Å². The number of hydrazone groups is 1. The van der Waals surface area contributed by atoms with Gasteiger partial charge in [-0.25, -0.2) is 10.4 Å². The van der Waals surface area contributed by atoms with Gasteiger partial charge >= 0.3 is 0 Å². The molecule has 1 N–H and O–H groups in total.